The van der Waals surface area contributed by atoms with E-state index in [1.165, 1.54) is 16.6 Å². The summed E-state index contributed by atoms with van der Waals surface area (Å²) >= 11 is 0. The van der Waals surface area contributed by atoms with Crippen LogP contribution in [0.2, 0.25) is 0 Å². The second-order valence-corrected chi connectivity index (χ2v) is 6.80. The van der Waals surface area contributed by atoms with Gasteiger partial charge in [0.15, 0.2) is 0 Å². The lowest BCUT2D eigenvalue weighted by Crippen LogP contribution is -2.35. The van der Waals surface area contributed by atoms with Crippen molar-refractivity contribution in [3.8, 4) is 0 Å². The third-order valence-electron chi connectivity index (χ3n) is 3.24. The van der Waals surface area contributed by atoms with Gasteiger partial charge in [0.25, 0.3) is 0 Å². The Hall–Kier alpha value is -1.28. The standard InChI is InChI=1S/C17H26N2/c1-13(2)12-19-15(11-18-17(3,4)5)10-14-8-6-7-9-16(14)19/h6-10,13,18H,11-12H2,1-5H3. The van der Waals surface area contributed by atoms with Crippen molar-refractivity contribution in [2.24, 2.45) is 5.92 Å². The van der Waals surface area contributed by atoms with Crippen molar-refractivity contribution in [2.45, 2.75) is 53.2 Å². The summed E-state index contributed by atoms with van der Waals surface area (Å²) in [7, 11) is 0. The number of benzene rings is 1. The maximum atomic E-state index is 3.59. The average Bonchev–Trinajstić information content (AvgIpc) is 2.64. The Bertz CT molecular complexity index is 544. The first-order valence-corrected chi connectivity index (χ1v) is 7.19. The molecular weight excluding hydrogens is 232 g/mol. The van der Waals surface area contributed by atoms with Gasteiger partial charge in [0.05, 0.1) is 0 Å². The molecule has 1 N–H and O–H groups in total. The number of nitrogens with one attached hydrogen (secondary N) is 1. The van der Waals surface area contributed by atoms with Gasteiger partial charge < -0.3 is 9.88 Å². The largest absolute Gasteiger partial charge is 0.343 e. The minimum absolute atomic E-state index is 0.152. The van der Waals surface area contributed by atoms with Gasteiger partial charge in [-0.15, -0.1) is 0 Å². The van der Waals surface area contributed by atoms with E-state index in [9.17, 15) is 0 Å². The monoisotopic (exact) mass is 258 g/mol. The molecule has 0 saturated carbocycles. The van der Waals surface area contributed by atoms with E-state index < -0.39 is 0 Å². The predicted octanol–water partition coefficient (Wildman–Crippen LogP) is 4.19. The third-order valence-corrected chi connectivity index (χ3v) is 3.24. The highest BCUT2D eigenvalue weighted by Crippen LogP contribution is 2.21. The second kappa shape index (κ2) is 5.38. The lowest BCUT2D eigenvalue weighted by Gasteiger charge is -2.22. The number of para-hydroxylation sites is 1. The van der Waals surface area contributed by atoms with Crippen LogP contribution in [0, 0.1) is 5.92 Å². The van der Waals surface area contributed by atoms with E-state index in [-0.39, 0.29) is 5.54 Å². The number of fused-ring (bicyclic) bond motifs is 1. The van der Waals surface area contributed by atoms with Crippen LogP contribution in [-0.2, 0) is 13.1 Å². The van der Waals surface area contributed by atoms with Gasteiger partial charge in [-0.1, -0.05) is 32.0 Å². The van der Waals surface area contributed by atoms with Gasteiger partial charge >= 0.3 is 0 Å². The third kappa shape index (κ3) is 3.60. The summed E-state index contributed by atoms with van der Waals surface area (Å²) in [6.07, 6.45) is 0. The lowest BCUT2D eigenvalue weighted by atomic mass is 10.1. The van der Waals surface area contributed by atoms with E-state index in [0.29, 0.717) is 5.92 Å². The van der Waals surface area contributed by atoms with Gasteiger partial charge in [-0.2, -0.15) is 0 Å². The highest BCUT2D eigenvalue weighted by atomic mass is 15.0. The first-order valence-electron chi connectivity index (χ1n) is 7.19. The average molecular weight is 258 g/mol. The molecule has 0 spiro atoms. The molecule has 0 radical (unpaired) electrons. The highest BCUT2D eigenvalue weighted by Gasteiger charge is 2.13. The summed E-state index contributed by atoms with van der Waals surface area (Å²) in [6.45, 7) is 13.2. The van der Waals surface area contributed by atoms with E-state index in [2.05, 4.69) is 74.8 Å². The van der Waals surface area contributed by atoms with Crippen molar-refractivity contribution in [1.82, 2.24) is 9.88 Å². The first-order chi connectivity index (χ1) is 8.87. The minimum atomic E-state index is 0.152. The number of hydrogen-bond donors (Lipinski definition) is 1. The van der Waals surface area contributed by atoms with Crippen molar-refractivity contribution in [1.29, 1.82) is 0 Å². The minimum Gasteiger partial charge on any atom is -0.343 e. The Morgan fingerprint density at radius 3 is 2.47 bits per heavy atom. The summed E-state index contributed by atoms with van der Waals surface area (Å²) in [5, 5.41) is 4.93. The summed E-state index contributed by atoms with van der Waals surface area (Å²) < 4.78 is 2.46. The van der Waals surface area contributed by atoms with E-state index in [1.807, 2.05) is 0 Å². The van der Waals surface area contributed by atoms with Crippen LogP contribution in [-0.4, -0.2) is 10.1 Å². The van der Waals surface area contributed by atoms with Crippen LogP contribution in [0.25, 0.3) is 10.9 Å². The number of rotatable bonds is 4. The molecule has 104 valence electrons. The summed E-state index contributed by atoms with van der Waals surface area (Å²) in [4.78, 5) is 0. The van der Waals surface area contributed by atoms with E-state index in [0.717, 1.165) is 13.1 Å². The molecule has 2 rings (SSSR count). The molecule has 1 heterocycles. The van der Waals surface area contributed by atoms with Crippen molar-refractivity contribution < 1.29 is 0 Å². The fraction of sp³-hybridized carbons (Fsp3) is 0.529. The Kier molecular flexibility index (Phi) is 4.00. The Labute approximate surface area is 116 Å². The highest BCUT2D eigenvalue weighted by molar-refractivity contribution is 5.81. The molecule has 0 unspecified atom stereocenters. The van der Waals surface area contributed by atoms with Crippen molar-refractivity contribution >= 4 is 10.9 Å². The van der Waals surface area contributed by atoms with Crippen LogP contribution in [0.5, 0.6) is 0 Å². The zero-order valence-electron chi connectivity index (χ0n) is 12.8. The summed E-state index contributed by atoms with van der Waals surface area (Å²) in [6, 6.07) is 11.0. The molecule has 19 heavy (non-hydrogen) atoms. The van der Waals surface area contributed by atoms with Gasteiger partial charge in [-0.25, -0.2) is 0 Å². The van der Waals surface area contributed by atoms with Crippen LogP contribution in [0.3, 0.4) is 0 Å². The number of nitrogens with zero attached hydrogens (tertiary/aromatic N) is 1. The van der Waals surface area contributed by atoms with Crippen LogP contribution in [0.15, 0.2) is 30.3 Å². The topological polar surface area (TPSA) is 17.0 Å². The maximum absolute atomic E-state index is 3.59. The van der Waals surface area contributed by atoms with E-state index >= 15 is 0 Å². The molecule has 2 nitrogen and oxygen atoms in total. The fourth-order valence-electron chi connectivity index (χ4n) is 2.35. The normalized spacial score (nSPS) is 12.5. The van der Waals surface area contributed by atoms with Gasteiger partial charge in [0, 0.05) is 29.8 Å². The Balaban J connectivity index is 2.35. The summed E-state index contributed by atoms with van der Waals surface area (Å²) in [5.74, 6) is 0.657. The molecule has 0 bridgehead atoms. The van der Waals surface area contributed by atoms with Crippen molar-refractivity contribution in [3.63, 3.8) is 0 Å². The number of aromatic nitrogens is 1. The van der Waals surface area contributed by atoms with Gasteiger partial charge in [-0.05, 0) is 44.2 Å². The zero-order valence-corrected chi connectivity index (χ0v) is 12.8. The van der Waals surface area contributed by atoms with E-state index in [1.54, 1.807) is 0 Å². The van der Waals surface area contributed by atoms with Gasteiger partial charge in [0.1, 0.15) is 0 Å². The molecule has 2 aromatic rings. The van der Waals surface area contributed by atoms with Crippen LogP contribution >= 0.6 is 0 Å². The SMILES string of the molecule is CC(C)Cn1c(CNC(C)(C)C)cc2ccccc21. The van der Waals surface area contributed by atoms with Gasteiger partial charge in [0.2, 0.25) is 0 Å². The molecule has 0 amide bonds. The molecule has 1 aromatic heterocycles. The van der Waals surface area contributed by atoms with E-state index in [4.69, 9.17) is 0 Å². The predicted molar refractivity (Wildman–Crippen MR) is 83.4 cm³/mol. The molecule has 0 atom stereocenters. The van der Waals surface area contributed by atoms with Crippen LogP contribution < -0.4 is 5.32 Å². The fourth-order valence-corrected chi connectivity index (χ4v) is 2.35. The summed E-state index contributed by atoms with van der Waals surface area (Å²) in [5.41, 5.74) is 2.88. The molecule has 0 aliphatic rings. The molecule has 2 heteroatoms. The zero-order chi connectivity index (χ0) is 14.0. The quantitative estimate of drug-likeness (QED) is 0.870. The Morgan fingerprint density at radius 2 is 1.84 bits per heavy atom. The van der Waals surface area contributed by atoms with Crippen LogP contribution in [0.4, 0.5) is 0 Å². The van der Waals surface area contributed by atoms with Crippen molar-refractivity contribution in [2.75, 3.05) is 0 Å². The molecule has 0 aliphatic carbocycles. The molecule has 0 aliphatic heterocycles. The van der Waals surface area contributed by atoms with Crippen LogP contribution in [0.1, 0.15) is 40.3 Å². The molecular formula is C17H26N2. The first kappa shape index (κ1) is 14.1. The molecule has 1 aromatic carbocycles. The van der Waals surface area contributed by atoms with Gasteiger partial charge in [-0.3, -0.25) is 0 Å². The second-order valence-electron chi connectivity index (χ2n) is 6.80. The maximum Gasteiger partial charge on any atom is 0.0483 e. The van der Waals surface area contributed by atoms with Crippen molar-refractivity contribution in [3.05, 3.63) is 36.0 Å². The lowest BCUT2D eigenvalue weighted by molar-refractivity contribution is 0.411. The molecule has 0 fully saturated rings. The number of hydrogen-bond acceptors (Lipinski definition) is 1. The smallest absolute Gasteiger partial charge is 0.0483 e. The Morgan fingerprint density at radius 1 is 1.16 bits per heavy atom. The molecule has 0 saturated heterocycles.